The van der Waals surface area contributed by atoms with Crippen LogP contribution in [0.1, 0.15) is 11.1 Å². The zero-order valence-electron chi connectivity index (χ0n) is 14.0. The number of benzene rings is 2. The zero-order chi connectivity index (χ0) is 19.8. The summed E-state index contributed by atoms with van der Waals surface area (Å²) >= 11 is 3.22. The van der Waals surface area contributed by atoms with Crippen LogP contribution in [0.5, 0.6) is 5.75 Å². The van der Waals surface area contributed by atoms with Gasteiger partial charge in [-0.1, -0.05) is 28.1 Å². The van der Waals surface area contributed by atoms with E-state index in [9.17, 15) is 22.8 Å². The van der Waals surface area contributed by atoms with Crippen molar-refractivity contribution in [2.75, 3.05) is 6.54 Å². The van der Waals surface area contributed by atoms with E-state index in [1.165, 1.54) is 30.3 Å². The molecule has 0 radical (unpaired) electrons. The Morgan fingerprint density at radius 2 is 1.85 bits per heavy atom. The molecule has 0 aromatic heterocycles. The third-order valence-corrected chi connectivity index (χ3v) is 3.91. The minimum Gasteiger partial charge on any atom is -0.434 e. The van der Waals surface area contributed by atoms with Gasteiger partial charge in [0.2, 0.25) is 11.8 Å². The molecule has 0 aliphatic rings. The number of nitrogens with one attached hydrogen (secondary N) is 2. The second kappa shape index (κ2) is 9.96. The molecule has 0 atom stereocenters. The van der Waals surface area contributed by atoms with E-state index in [2.05, 4.69) is 31.3 Å². The van der Waals surface area contributed by atoms with Gasteiger partial charge in [0, 0.05) is 16.6 Å². The fourth-order valence-corrected chi connectivity index (χ4v) is 2.64. The Bertz CT molecular complexity index is 818. The average molecular weight is 445 g/mol. The van der Waals surface area contributed by atoms with Crippen LogP contribution in [0.25, 0.3) is 0 Å². The van der Waals surface area contributed by atoms with Crippen LogP contribution in [-0.4, -0.2) is 25.0 Å². The van der Waals surface area contributed by atoms with Crippen LogP contribution in [-0.2, 0) is 22.6 Å². The molecule has 0 bridgehead atoms. The van der Waals surface area contributed by atoms with E-state index in [0.29, 0.717) is 15.6 Å². The number of hydrogen-bond donors (Lipinski definition) is 2. The van der Waals surface area contributed by atoms with Gasteiger partial charge in [0.1, 0.15) is 11.6 Å². The Kier molecular flexibility index (Phi) is 7.66. The highest BCUT2D eigenvalue weighted by Gasteiger charge is 2.12. The normalized spacial score (nSPS) is 10.6. The quantitative estimate of drug-likeness (QED) is 0.656. The maximum atomic E-state index is 13.1. The number of hydrogen-bond acceptors (Lipinski definition) is 3. The second-order valence-electron chi connectivity index (χ2n) is 5.49. The number of carbonyl (C=O) groups excluding carboxylic acids is 2. The Morgan fingerprint density at radius 1 is 1.07 bits per heavy atom. The standard InChI is InChI=1S/C18H16BrF3N2O3/c19-13-4-5-15(27-18(21)22)12(8-13)9-23-17(26)10-24-16(25)7-11-2-1-3-14(20)6-11/h1-6,8,18H,7,9-10H2,(H,23,26)(H,24,25). The molecule has 2 aromatic carbocycles. The number of alkyl halides is 2. The molecule has 2 amide bonds. The molecule has 2 rings (SSSR count). The molecule has 9 heteroatoms. The first kappa shape index (κ1) is 20.8. The molecule has 0 spiro atoms. The van der Waals surface area contributed by atoms with Crippen LogP contribution in [0, 0.1) is 5.82 Å². The van der Waals surface area contributed by atoms with E-state index in [4.69, 9.17) is 0 Å². The van der Waals surface area contributed by atoms with Gasteiger partial charge in [-0.25, -0.2) is 4.39 Å². The van der Waals surface area contributed by atoms with Crippen molar-refractivity contribution < 1.29 is 27.5 Å². The lowest BCUT2D eigenvalue weighted by molar-refractivity contribution is -0.125. The van der Waals surface area contributed by atoms with Crippen molar-refractivity contribution in [2.24, 2.45) is 0 Å². The highest BCUT2D eigenvalue weighted by molar-refractivity contribution is 9.10. The summed E-state index contributed by atoms with van der Waals surface area (Å²) in [7, 11) is 0. The minimum atomic E-state index is -2.98. The van der Waals surface area contributed by atoms with Crippen LogP contribution in [0.15, 0.2) is 46.9 Å². The van der Waals surface area contributed by atoms with Crippen LogP contribution in [0.4, 0.5) is 13.2 Å². The number of halogens is 4. The molecule has 0 unspecified atom stereocenters. The summed E-state index contributed by atoms with van der Waals surface area (Å²) in [5.74, 6) is -1.46. The topological polar surface area (TPSA) is 67.4 Å². The van der Waals surface area contributed by atoms with E-state index in [1.54, 1.807) is 12.1 Å². The van der Waals surface area contributed by atoms with Gasteiger partial charge >= 0.3 is 6.61 Å². The lowest BCUT2D eigenvalue weighted by atomic mass is 10.1. The van der Waals surface area contributed by atoms with Crippen LogP contribution in [0.3, 0.4) is 0 Å². The first-order valence-corrected chi connectivity index (χ1v) is 8.64. The summed E-state index contributed by atoms with van der Waals surface area (Å²) in [6, 6.07) is 10.0. The number of carbonyl (C=O) groups is 2. The Hall–Kier alpha value is -2.55. The monoisotopic (exact) mass is 444 g/mol. The van der Waals surface area contributed by atoms with Gasteiger partial charge in [0.25, 0.3) is 0 Å². The van der Waals surface area contributed by atoms with Crippen LogP contribution < -0.4 is 15.4 Å². The average Bonchev–Trinajstić information content (AvgIpc) is 2.60. The van der Waals surface area contributed by atoms with Crippen molar-refractivity contribution >= 4 is 27.7 Å². The summed E-state index contributed by atoms with van der Waals surface area (Å²) < 4.78 is 43.0. The summed E-state index contributed by atoms with van der Waals surface area (Å²) in [4.78, 5) is 23.7. The number of rotatable bonds is 8. The van der Waals surface area contributed by atoms with E-state index < -0.39 is 24.2 Å². The summed E-state index contributed by atoms with van der Waals surface area (Å²) in [6.45, 7) is -3.34. The van der Waals surface area contributed by atoms with E-state index >= 15 is 0 Å². The van der Waals surface area contributed by atoms with Gasteiger partial charge in [-0.2, -0.15) is 8.78 Å². The fraction of sp³-hybridized carbons (Fsp3) is 0.222. The lowest BCUT2D eigenvalue weighted by Gasteiger charge is -2.12. The zero-order valence-corrected chi connectivity index (χ0v) is 15.6. The molecule has 5 nitrogen and oxygen atoms in total. The van der Waals surface area contributed by atoms with Crippen molar-refractivity contribution in [3.63, 3.8) is 0 Å². The highest BCUT2D eigenvalue weighted by Crippen LogP contribution is 2.24. The first-order chi connectivity index (χ1) is 12.8. The smallest absolute Gasteiger partial charge is 0.387 e. The number of amides is 2. The van der Waals surface area contributed by atoms with Crippen molar-refractivity contribution in [3.05, 3.63) is 63.9 Å². The van der Waals surface area contributed by atoms with Crippen LogP contribution >= 0.6 is 15.9 Å². The van der Waals surface area contributed by atoms with Crippen molar-refractivity contribution in [3.8, 4) is 5.75 Å². The maximum absolute atomic E-state index is 13.1. The van der Waals surface area contributed by atoms with Gasteiger partial charge in [-0.3, -0.25) is 9.59 Å². The minimum absolute atomic E-state index is 0.0522. The molecule has 0 aliphatic carbocycles. The Balaban J connectivity index is 1.82. The number of ether oxygens (including phenoxy) is 1. The van der Waals surface area contributed by atoms with Gasteiger partial charge in [0.15, 0.2) is 0 Å². The van der Waals surface area contributed by atoms with Crippen molar-refractivity contribution in [2.45, 2.75) is 19.6 Å². The molecule has 0 aliphatic heterocycles. The molecule has 0 fully saturated rings. The van der Waals surface area contributed by atoms with Crippen molar-refractivity contribution in [1.29, 1.82) is 0 Å². The Morgan fingerprint density at radius 3 is 2.56 bits per heavy atom. The predicted molar refractivity (Wildman–Crippen MR) is 95.7 cm³/mol. The first-order valence-electron chi connectivity index (χ1n) is 7.84. The molecule has 144 valence electrons. The summed E-state index contributed by atoms with van der Waals surface area (Å²) in [5, 5.41) is 4.92. The third kappa shape index (κ3) is 7.30. The Labute approximate surface area is 162 Å². The predicted octanol–water partition coefficient (Wildman–Crippen LogP) is 3.16. The molecular weight excluding hydrogens is 429 g/mol. The maximum Gasteiger partial charge on any atom is 0.387 e. The molecule has 2 aromatic rings. The van der Waals surface area contributed by atoms with Crippen molar-refractivity contribution in [1.82, 2.24) is 10.6 Å². The van der Waals surface area contributed by atoms with E-state index in [0.717, 1.165) is 0 Å². The SMILES string of the molecule is O=C(CNC(=O)Cc1cccc(F)c1)NCc1cc(Br)ccc1OC(F)F. The van der Waals surface area contributed by atoms with Gasteiger partial charge in [-0.15, -0.1) is 0 Å². The molecule has 2 N–H and O–H groups in total. The van der Waals surface area contributed by atoms with E-state index in [-0.39, 0.29) is 25.3 Å². The summed E-state index contributed by atoms with van der Waals surface area (Å²) in [5.41, 5.74) is 0.833. The van der Waals surface area contributed by atoms with E-state index in [1.807, 2.05) is 0 Å². The molecule has 27 heavy (non-hydrogen) atoms. The second-order valence-corrected chi connectivity index (χ2v) is 6.41. The molecule has 0 saturated heterocycles. The highest BCUT2D eigenvalue weighted by atomic mass is 79.9. The molecular formula is C18H16BrF3N2O3. The largest absolute Gasteiger partial charge is 0.434 e. The van der Waals surface area contributed by atoms with Gasteiger partial charge in [-0.05, 0) is 35.9 Å². The lowest BCUT2D eigenvalue weighted by Crippen LogP contribution is -2.37. The van der Waals surface area contributed by atoms with Gasteiger partial charge in [0.05, 0.1) is 13.0 Å². The van der Waals surface area contributed by atoms with Gasteiger partial charge < -0.3 is 15.4 Å². The fourth-order valence-electron chi connectivity index (χ4n) is 2.23. The van der Waals surface area contributed by atoms with Crippen LogP contribution in [0.2, 0.25) is 0 Å². The molecule has 0 saturated carbocycles. The third-order valence-electron chi connectivity index (χ3n) is 3.41. The summed E-state index contributed by atoms with van der Waals surface area (Å²) in [6.07, 6.45) is -0.0664. The molecule has 0 heterocycles.